The Balaban J connectivity index is 1.61. The number of halogens is 2. The number of hydrogen-bond acceptors (Lipinski definition) is 9. The van der Waals surface area contributed by atoms with Crippen molar-refractivity contribution >= 4 is 11.6 Å². The van der Waals surface area contributed by atoms with Crippen LogP contribution in [0.1, 0.15) is 11.1 Å². The van der Waals surface area contributed by atoms with Gasteiger partial charge >= 0.3 is 0 Å². The molecule has 32 heavy (non-hydrogen) atoms. The fraction of sp³-hybridized carbons (Fsp3) is 0.286. The van der Waals surface area contributed by atoms with Gasteiger partial charge in [0.05, 0.1) is 50.2 Å². The number of anilines is 2. The fourth-order valence-corrected chi connectivity index (χ4v) is 2.65. The van der Waals surface area contributed by atoms with Gasteiger partial charge in [-0.1, -0.05) is 0 Å². The minimum Gasteiger partial charge on any atom is -0.494 e. The number of aromatic nitrogens is 3. The van der Waals surface area contributed by atoms with E-state index < -0.39 is 17.7 Å². The summed E-state index contributed by atoms with van der Waals surface area (Å²) >= 11 is 0. The summed E-state index contributed by atoms with van der Waals surface area (Å²) < 4.78 is 44.2. The minimum absolute atomic E-state index is 0.0634. The normalized spacial score (nSPS) is 10.8. The highest BCUT2D eigenvalue weighted by atomic mass is 19.1. The number of methoxy groups -OCH3 is 1. The van der Waals surface area contributed by atoms with E-state index in [-0.39, 0.29) is 54.3 Å². The van der Waals surface area contributed by atoms with Crippen LogP contribution in [-0.2, 0) is 6.61 Å². The lowest BCUT2D eigenvalue weighted by atomic mass is 10.1. The number of pyridine rings is 1. The molecule has 0 fully saturated rings. The molecular weight excluding hydrogens is 426 g/mol. The van der Waals surface area contributed by atoms with Gasteiger partial charge in [-0.3, -0.25) is 0 Å². The number of aliphatic hydroxyl groups is 2. The molecule has 3 rings (SSSR count). The van der Waals surface area contributed by atoms with Gasteiger partial charge in [0.2, 0.25) is 11.8 Å². The van der Waals surface area contributed by atoms with Crippen molar-refractivity contribution in [3.8, 4) is 17.4 Å². The second-order valence-electron chi connectivity index (χ2n) is 6.65. The van der Waals surface area contributed by atoms with Gasteiger partial charge in [-0.15, -0.1) is 0 Å². The van der Waals surface area contributed by atoms with Crippen LogP contribution in [0.2, 0.25) is 0 Å². The van der Waals surface area contributed by atoms with Crippen molar-refractivity contribution in [1.82, 2.24) is 15.0 Å². The lowest BCUT2D eigenvalue weighted by Gasteiger charge is -2.13. The molecule has 0 saturated carbocycles. The van der Waals surface area contributed by atoms with Gasteiger partial charge in [-0.2, -0.15) is 0 Å². The van der Waals surface area contributed by atoms with Crippen LogP contribution < -0.4 is 19.5 Å². The molecule has 0 aliphatic heterocycles. The Kier molecular flexibility index (Phi) is 7.68. The standard InChI is InChI=1S/C21H22F2N4O5/c1-12-5-17(30-2)20(23)16(19(12)22)11-31-14-7-25-21(26-8-14)27-13-3-4-18(24-6-13)32-15(9-28)10-29/h3-8,15,28-29H,9-11H2,1-2H3,(H,25,26,27). The zero-order chi connectivity index (χ0) is 23.1. The Labute approximate surface area is 182 Å². The summed E-state index contributed by atoms with van der Waals surface area (Å²) in [5, 5.41) is 21.0. The van der Waals surface area contributed by atoms with Crippen molar-refractivity contribution in [2.45, 2.75) is 19.6 Å². The van der Waals surface area contributed by atoms with E-state index in [4.69, 9.17) is 24.4 Å². The summed E-state index contributed by atoms with van der Waals surface area (Å²) in [6, 6.07) is 4.48. The maximum atomic E-state index is 14.3. The van der Waals surface area contributed by atoms with Gasteiger partial charge in [-0.25, -0.2) is 23.7 Å². The van der Waals surface area contributed by atoms with E-state index in [1.165, 1.54) is 38.7 Å². The lowest BCUT2D eigenvalue weighted by Crippen LogP contribution is -2.25. The monoisotopic (exact) mass is 448 g/mol. The van der Waals surface area contributed by atoms with Gasteiger partial charge in [0.1, 0.15) is 18.5 Å². The molecule has 0 unspecified atom stereocenters. The highest BCUT2D eigenvalue weighted by molar-refractivity contribution is 5.52. The molecule has 3 N–H and O–H groups in total. The molecule has 0 spiro atoms. The smallest absolute Gasteiger partial charge is 0.227 e. The van der Waals surface area contributed by atoms with Crippen molar-refractivity contribution in [2.24, 2.45) is 0 Å². The molecule has 0 saturated heterocycles. The number of aliphatic hydroxyl groups excluding tert-OH is 2. The van der Waals surface area contributed by atoms with Gasteiger partial charge in [0, 0.05) is 6.07 Å². The molecule has 2 heterocycles. The highest BCUT2D eigenvalue weighted by Crippen LogP contribution is 2.27. The molecule has 0 radical (unpaired) electrons. The Morgan fingerprint density at radius 2 is 1.75 bits per heavy atom. The maximum absolute atomic E-state index is 14.3. The highest BCUT2D eigenvalue weighted by Gasteiger charge is 2.18. The van der Waals surface area contributed by atoms with E-state index in [0.717, 1.165) is 0 Å². The van der Waals surface area contributed by atoms with Crippen LogP contribution in [0.15, 0.2) is 36.8 Å². The molecule has 0 aliphatic carbocycles. The SMILES string of the molecule is COc1cc(C)c(F)c(COc2cnc(Nc3ccc(OC(CO)CO)nc3)nc2)c1F. The number of ether oxygens (including phenoxy) is 3. The molecule has 0 amide bonds. The van der Waals surface area contributed by atoms with Crippen LogP contribution in [-0.4, -0.2) is 51.6 Å². The largest absolute Gasteiger partial charge is 0.494 e. The van der Waals surface area contributed by atoms with Crippen molar-refractivity contribution in [3.63, 3.8) is 0 Å². The predicted molar refractivity (Wildman–Crippen MR) is 110 cm³/mol. The molecule has 1 aromatic carbocycles. The summed E-state index contributed by atoms with van der Waals surface area (Å²) in [6.07, 6.45) is 3.43. The second-order valence-corrected chi connectivity index (χ2v) is 6.65. The number of aryl methyl sites for hydroxylation is 1. The molecule has 9 nitrogen and oxygen atoms in total. The first-order valence-corrected chi connectivity index (χ1v) is 9.52. The summed E-state index contributed by atoms with van der Waals surface area (Å²) in [7, 11) is 1.30. The van der Waals surface area contributed by atoms with Gasteiger partial charge in [0.15, 0.2) is 17.3 Å². The van der Waals surface area contributed by atoms with Crippen molar-refractivity contribution < 1.29 is 33.2 Å². The van der Waals surface area contributed by atoms with Gasteiger partial charge in [0.25, 0.3) is 0 Å². The molecule has 170 valence electrons. The Hall–Kier alpha value is -3.57. The average Bonchev–Trinajstić information content (AvgIpc) is 2.82. The number of nitrogens with one attached hydrogen (secondary N) is 1. The average molecular weight is 448 g/mol. The molecule has 3 aromatic rings. The number of hydrogen-bond donors (Lipinski definition) is 3. The summed E-state index contributed by atoms with van der Waals surface area (Å²) in [6.45, 7) is 0.476. The predicted octanol–water partition coefficient (Wildman–Crippen LogP) is 2.52. The van der Waals surface area contributed by atoms with E-state index in [0.29, 0.717) is 5.69 Å². The first kappa shape index (κ1) is 23.1. The minimum atomic E-state index is -0.820. The third-order valence-electron chi connectivity index (χ3n) is 4.36. The molecular formula is C21H22F2N4O5. The van der Waals surface area contributed by atoms with Crippen molar-refractivity contribution in [1.29, 1.82) is 0 Å². The zero-order valence-corrected chi connectivity index (χ0v) is 17.4. The van der Waals surface area contributed by atoms with E-state index in [2.05, 4.69) is 20.3 Å². The number of rotatable bonds is 10. The van der Waals surface area contributed by atoms with Crippen molar-refractivity contribution in [3.05, 3.63) is 59.6 Å². The second kappa shape index (κ2) is 10.6. The van der Waals surface area contributed by atoms with Crippen LogP contribution >= 0.6 is 0 Å². The van der Waals surface area contributed by atoms with Crippen molar-refractivity contribution in [2.75, 3.05) is 25.6 Å². The molecule has 11 heteroatoms. The Morgan fingerprint density at radius 3 is 2.34 bits per heavy atom. The first-order valence-electron chi connectivity index (χ1n) is 9.52. The van der Waals surface area contributed by atoms with E-state index in [1.807, 2.05) is 0 Å². The Morgan fingerprint density at radius 1 is 1.03 bits per heavy atom. The third-order valence-corrected chi connectivity index (χ3v) is 4.36. The number of benzene rings is 1. The van der Waals surface area contributed by atoms with Crippen LogP contribution in [0.4, 0.5) is 20.4 Å². The zero-order valence-electron chi connectivity index (χ0n) is 17.4. The summed E-state index contributed by atoms with van der Waals surface area (Å²) in [5.41, 5.74) is 0.555. The van der Waals surface area contributed by atoms with Crippen LogP contribution in [0.5, 0.6) is 17.4 Å². The van der Waals surface area contributed by atoms with Gasteiger partial charge < -0.3 is 29.7 Å². The first-order chi connectivity index (χ1) is 15.4. The summed E-state index contributed by atoms with van der Waals surface area (Å²) in [4.78, 5) is 12.3. The topological polar surface area (TPSA) is 119 Å². The fourth-order valence-electron chi connectivity index (χ4n) is 2.65. The van der Waals surface area contributed by atoms with Crippen LogP contribution in [0.25, 0.3) is 0 Å². The molecule has 0 atom stereocenters. The van der Waals surface area contributed by atoms with E-state index in [9.17, 15) is 8.78 Å². The summed E-state index contributed by atoms with van der Waals surface area (Å²) in [5.74, 6) is -0.889. The molecule has 0 bridgehead atoms. The van der Waals surface area contributed by atoms with E-state index in [1.54, 1.807) is 12.1 Å². The number of nitrogens with zero attached hydrogens (tertiary/aromatic N) is 3. The van der Waals surface area contributed by atoms with Crippen LogP contribution in [0.3, 0.4) is 0 Å². The van der Waals surface area contributed by atoms with Gasteiger partial charge in [-0.05, 0) is 24.6 Å². The molecule has 2 aromatic heterocycles. The quantitative estimate of drug-likeness (QED) is 0.430. The Bertz CT molecular complexity index is 1030. The van der Waals surface area contributed by atoms with Crippen LogP contribution in [0, 0.1) is 18.6 Å². The van der Waals surface area contributed by atoms with E-state index >= 15 is 0 Å². The molecule has 0 aliphatic rings. The lowest BCUT2D eigenvalue weighted by molar-refractivity contribution is 0.0597. The third kappa shape index (κ3) is 5.56. The maximum Gasteiger partial charge on any atom is 0.227 e.